The molecule has 1 atom stereocenters. The second-order valence-electron chi connectivity index (χ2n) is 5.25. The molecule has 1 aliphatic heterocycles. The van der Waals surface area contributed by atoms with Gasteiger partial charge in [-0.05, 0) is 25.3 Å². The van der Waals surface area contributed by atoms with E-state index in [2.05, 4.69) is 0 Å². The minimum absolute atomic E-state index is 0.00972. The summed E-state index contributed by atoms with van der Waals surface area (Å²) in [6.45, 7) is 3.21. The number of carbonyl (C=O) groups excluding carboxylic acids is 1. The minimum Gasteiger partial charge on any atom is -0.342 e. The lowest BCUT2D eigenvalue weighted by molar-refractivity contribution is -0.134. The van der Waals surface area contributed by atoms with E-state index in [9.17, 15) is 13.2 Å². The lowest BCUT2D eigenvalue weighted by Gasteiger charge is -2.23. The predicted molar refractivity (Wildman–Crippen MR) is 79.2 cm³/mol. The number of nitrogens with zero attached hydrogens (tertiary/aromatic N) is 1. The lowest BCUT2D eigenvalue weighted by atomic mass is 10.1. The van der Waals surface area contributed by atoms with E-state index in [1.54, 1.807) is 4.90 Å². The number of rotatable bonds is 5. The van der Waals surface area contributed by atoms with E-state index < -0.39 is 9.84 Å². The summed E-state index contributed by atoms with van der Waals surface area (Å²) in [5.41, 5.74) is 1.19. The van der Waals surface area contributed by atoms with Gasteiger partial charge in [0.25, 0.3) is 0 Å². The summed E-state index contributed by atoms with van der Waals surface area (Å²) in [5, 5.41) is 0. The Kier molecular flexibility index (Phi) is 4.81. The second kappa shape index (κ2) is 6.39. The fourth-order valence-corrected chi connectivity index (χ4v) is 4.31. The third-order valence-corrected chi connectivity index (χ3v) is 5.56. The molecule has 4 nitrogen and oxygen atoms in total. The molecule has 1 aromatic rings. The van der Waals surface area contributed by atoms with Crippen LogP contribution >= 0.6 is 0 Å². The number of amides is 1. The number of carbonyl (C=O) groups is 1. The molecule has 0 N–H and O–H groups in total. The van der Waals surface area contributed by atoms with E-state index >= 15 is 0 Å². The zero-order valence-corrected chi connectivity index (χ0v) is 12.6. The highest BCUT2D eigenvalue weighted by atomic mass is 32.2. The zero-order valence-electron chi connectivity index (χ0n) is 11.8. The van der Waals surface area contributed by atoms with Gasteiger partial charge in [0.15, 0.2) is 9.84 Å². The largest absolute Gasteiger partial charge is 0.342 e. The summed E-state index contributed by atoms with van der Waals surface area (Å²) in [4.78, 5) is 14.1. The Bertz CT molecular complexity index is 554. The predicted octanol–water partition coefficient (Wildman–Crippen LogP) is 1.51. The van der Waals surface area contributed by atoms with Crippen molar-refractivity contribution in [2.75, 3.05) is 24.6 Å². The van der Waals surface area contributed by atoms with Crippen molar-refractivity contribution in [2.45, 2.75) is 19.8 Å². The molecule has 1 unspecified atom stereocenters. The zero-order chi connectivity index (χ0) is 14.6. The van der Waals surface area contributed by atoms with Gasteiger partial charge in [0, 0.05) is 13.1 Å². The van der Waals surface area contributed by atoms with Gasteiger partial charge in [0.1, 0.15) is 0 Å². The number of likely N-dealkylation sites (N-methyl/N-ethyl adjacent to an activating group) is 1. The molecule has 0 bridgehead atoms. The molecule has 20 heavy (non-hydrogen) atoms. The molecular formula is C15H21NO3S. The second-order valence-corrected chi connectivity index (χ2v) is 7.48. The van der Waals surface area contributed by atoms with Crippen LogP contribution in [0.4, 0.5) is 0 Å². The summed E-state index contributed by atoms with van der Waals surface area (Å²) in [6, 6.07) is 10.0. The van der Waals surface area contributed by atoms with Gasteiger partial charge in [-0.1, -0.05) is 30.3 Å². The first kappa shape index (κ1) is 15.0. The molecule has 1 aliphatic rings. The molecule has 1 amide bonds. The van der Waals surface area contributed by atoms with Gasteiger partial charge >= 0.3 is 0 Å². The highest BCUT2D eigenvalue weighted by Gasteiger charge is 2.34. The SMILES string of the molecule is CCN(CCc1ccccc1)C(=O)C1CCS(=O)(=O)C1. The Hall–Kier alpha value is -1.36. The van der Waals surface area contributed by atoms with Crippen LogP contribution in [0.15, 0.2) is 30.3 Å². The first-order valence-corrected chi connectivity index (χ1v) is 8.87. The Balaban J connectivity index is 1.93. The number of sulfone groups is 1. The van der Waals surface area contributed by atoms with Crippen LogP contribution in [0.5, 0.6) is 0 Å². The molecule has 0 aromatic heterocycles. The van der Waals surface area contributed by atoms with Crippen molar-refractivity contribution in [2.24, 2.45) is 5.92 Å². The van der Waals surface area contributed by atoms with E-state index in [0.717, 1.165) is 6.42 Å². The van der Waals surface area contributed by atoms with E-state index in [4.69, 9.17) is 0 Å². The standard InChI is InChI=1S/C15H21NO3S/c1-2-16(10-8-13-6-4-3-5-7-13)15(17)14-9-11-20(18,19)12-14/h3-7,14H,2,8-12H2,1H3. The molecule has 2 rings (SSSR count). The average molecular weight is 295 g/mol. The lowest BCUT2D eigenvalue weighted by Crippen LogP contribution is -2.38. The monoisotopic (exact) mass is 295 g/mol. The van der Waals surface area contributed by atoms with Crippen LogP contribution in [0.3, 0.4) is 0 Å². The highest BCUT2D eigenvalue weighted by Crippen LogP contribution is 2.20. The van der Waals surface area contributed by atoms with Crippen molar-refractivity contribution in [1.82, 2.24) is 4.90 Å². The first-order valence-electron chi connectivity index (χ1n) is 7.05. The maximum Gasteiger partial charge on any atom is 0.226 e. The van der Waals surface area contributed by atoms with Gasteiger partial charge in [0.2, 0.25) is 5.91 Å². The Morgan fingerprint density at radius 3 is 2.55 bits per heavy atom. The van der Waals surface area contributed by atoms with Gasteiger partial charge in [-0.15, -0.1) is 0 Å². The minimum atomic E-state index is -3.00. The molecule has 1 fully saturated rings. The molecule has 1 saturated heterocycles. The molecule has 110 valence electrons. The summed E-state index contributed by atoms with van der Waals surface area (Å²) in [5.74, 6) is -0.173. The number of hydrogen-bond acceptors (Lipinski definition) is 3. The van der Waals surface area contributed by atoms with E-state index in [-0.39, 0.29) is 23.3 Å². The molecular weight excluding hydrogens is 274 g/mol. The third-order valence-electron chi connectivity index (χ3n) is 3.79. The van der Waals surface area contributed by atoms with Crippen LogP contribution < -0.4 is 0 Å². The van der Waals surface area contributed by atoms with Gasteiger partial charge < -0.3 is 4.90 Å². The molecule has 1 heterocycles. The fraction of sp³-hybridized carbons (Fsp3) is 0.533. The van der Waals surface area contributed by atoms with Crippen molar-refractivity contribution >= 4 is 15.7 Å². The quantitative estimate of drug-likeness (QED) is 0.827. The van der Waals surface area contributed by atoms with Crippen LogP contribution in [0, 0.1) is 5.92 Å². The first-order chi connectivity index (χ1) is 9.52. The smallest absolute Gasteiger partial charge is 0.226 e. The normalized spacial score (nSPS) is 20.8. The molecule has 1 aromatic carbocycles. The van der Waals surface area contributed by atoms with E-state index in [0.29, 0.717) is 19.5 Å². The van der Waals surface area contributed by atoms with Crippen molar-refractivity contribution in [3.8, 4) is 0 Å². The fourth-order valence-electron chi connectivity index (χ4n) is 2.58. The maximum atomic E-state index is 12.3. The molecule has 0 spiro atoms. The Labute approximate surface area is 120 Å². The van der Waals surface area contributed by atoms with Crippen molar-refractivity contribution in [3.63, 3.8) is 0 Å². The van der Waals surface area contributed by atoms with E-state index in [1.165, 1.54) is 5.56 Å². The highest BCUT2D eigenvalue weighted by molar-refractivity contribution is 7.91. The van der Waals surface area contributed by atoms with E-state index in [1.807, 2.05) is 37.3 Å². The van der Waals surface area contributed by atoms with Gasteiger partial charge in [-0.3, -0.25) is 4.79 Å². The topological polar surface area (TPSA) is 54.5 Å². The molecule has 0 saturated carbocycles. The number of hydrogen-bond donors (Lipinski definition) is 0. The van der Waals surface area contributed by atoms with Crippen molar-refractivity contribution in [1.29, 1.82) is 0 Å². The number of benzene rings is 1. The van der Waals surface area contributed by atoms with Gasteiger partial charge in [-0.25, -0.2) is 8.42 Å². The van der Waals surface area contributed by atoms with Crippen LogP contribution in [-0.2, 0) is 21.1 Å². The van der Waals surface area contributed by atoms with Gasteiger partial charge in [-0.2, -0.15) is 0 Å². The van der Waals surface area contributed by atoms with Crippen LogP contribution in [0.25, 0.3) is 0 Å². The summed E-state index contributed by atoms with van der Waals surface area (Å²) in [7, 11) is -3.00. The maximum absolute atomic E-state index is 12.3. The van der Waals surface area contributed by atoms with Crippen LogP contribution in [-0.4, -0.2) is 43.8 Å². The van der Waals surface area contributed by atoms with Crippen molar-refractivity contribution < 1.29 is 13.2 Å². The summed E-state index contributed by atoms with van der Waals surface area (Å²) < 4.78 is 22.9. The Morgan fingerprint density at radius 2 is 2.00 bits per heavy atom. The van der Waals surface area contributed by atoms with Crippen molar-refractivity contribution in [3.05, 3.63) is 35.9 Å². The molecule has 5 heteroatoms. The Morgan fingerprint density at radius 1 is 1.30 bits per heavy atom. The molecule has 0 radical (unpaired) electrons. The van der Waals surface area contributed by atoms with Crippen LogP contribution in [0.1, 0.15) is 18.9 Å². The third kappa shape index (κ3) is 3.82. The average Bonchev–Trinajstić information content (AvgIpc) is 2.81. The molecule has 0 aliphatic carbocycles. The summed E-state index contributed by atoms with van der Waals surface area (Å²) in [6.07, 6.45) is 1.28. The van der Waals surface area contributed by atoms with Crippen LogP contribution in [0.2, 0.25) is 0 Å². The van der Waals surface area contributed by atoms with Gasteiger partial charge in [0.05, 0.1) is 17.4 Å². The summed E-state index contributed by atoms with van der Waals surface area (Å²) >= 11 is 0.